The second-order valence-electron chi connectivity index (χ2n) is 9.52. The smallest absolute Gasteiger partial charge is 0.350 e. The lowest BCUT2D eigenvalue weighted by atomic mass is 9.92. The van der Waals surface area contributed by atoms with Gasteiger partial charge < -0.3 is 19.7 Å². The van der Waals surface area contributed by atoms with Crippen LogP contribution in [0.25, 0.3) is 0 Å². The van der Waals surface area contributed by atoms with Gasteiger partial charge in [-0.2, -0.15) is 0 Å². The highest BCUT2D eigenvalue weighted by Crippen LogP contribution is 2.27. The van der Waals surface area contributed by atoms with Gasteiger partial charge in [0.25, 0.3) is 5.34 Å². The SMILES string of the molecule is CCCCCCCCCCCCC(CCCCC)CC(S)OC(CC)OCC(O)(P=O)C(=O)O. The van der Waals surface area contributed by atoms with Crippen LogP contribution in [0.2, 0.25) is 0 Å². The van der Waals surface area contributed by atoms with E-state index in [1.165, 1.54) is 89.9 Å². The van der Waals surface area contributed by atoms with E-state index in [0.717, 1.165) is 12.8 Å². The summed E-state index contributed by atoms with van der Waals surface area (Å²) in [7, 11) is -0.910. The van der Waals surface area contributed by atoms with Crippen LogP contribution in [0.4, 0.5) is 0 Å². The van der Waals surface area contributed by atoms with Crippen LogP contribution in [0.15, 0.2) is 0 Å². The number of aliphatic carboxylic acids is 1. The third kappa shape index (κ3) is 17.3. The summed E-state index contributed by atoms with van der Waals surface area (Å²) >= 11 is 4.62. The number of unbranched alkanes of at least 4 members (excludes halogenated alkanes) is 11. The molecule has 0 spiro atoms. The Morgan fingerprint density at radius 2 is 1.35 bits per heavy atom. The molecule has 6 nitrogen and oxygen atoms in total. The van der Waals surface area contributed by atoms with Gasteiger partial charge in [0.1, 0.15) is 12.0 Å². The maximum absolute atomic E-state index is 11.1. The van der Waals surface area contributed by atoms with Gasteiger partial charge >= 0.3 is 5.97 Å². The number of carbonyl (C=O) groups is 1. The Balaban J connectivity index is 4.37. The maximum Gasteiger partial charge on any atom is 0.350 e. The van der Waals surface area contributed by atoms with Gasteiger partial charge in [-0.05, 0) is 18.8 Å². The standard InChI is InChI=1S/C26H51O6PS/c1-4-7-9-10-11-12-13-14-15-17-19-22(18-16-8-5-2)20-24(34)32-23(6-3)31-21-26(29,33-30)25(27)28/h22-24,29,34H,4-21H2,1-3H3,(H,27,28). The molecule has 0 aromatic rings. The van der Waals surface area contributed by atoms with Crippen LogP contribution >= 0.6 is 21.1 Å². The van der Waals surface area contributed by atoms with Crippen molar-refractivity contribution in [1.82, 2.24) is 0 Å². The Morgan fingerprint density at radius 3 is 1.82 bits per heavy atom. The first-order valence-electron chi connectivity index (χ1n) is 13.6. The van der Waals surface area contributed by atoms with Gasteiger partial charge in [0.2, 0.25) is 8.46 Å². The summed E-state index contributed by atoms with van der Waals surface area (Å²) in [5.41, 5.74) is -0.331. The molecular weight excluding hydrogens is 471 g/mol. The zero-order valence-electron chi connectivity index (χ0n) is 21.9. The molecule has 0 saturated carbocycles. The van der Waals surface area contributed by atoms with Crippen LogP contribution in [0.3, 0.4) is 0 Å². The van der Waals surface area contributed by atoms with E-state index in [9.17, 15) is 14.5 Å². The molecular formula is C26H51O6PS. The van der Waals surface area contributed by atoms with Crippen molar-refractivity contribution < 1.29 is 29.0 Å². The van der Waals surface area contributed by atoms with Gasteiger partial charge in [-0.3, -0.25) is 4.57 Å². The van der Waals surface area contributed by atoms with E-state index in [0.29, 0.717) is 12.3 Å². The number of hydrogen-bond donors (Lipinski definition) is 3. The highest BCUT2D eigenvalue weighted by atomic mass is 32.1. The molecule has 0 heterocycles. The summed E-state index contributed by atoms with van der Waals surface area (Å²) in [4.78, 5) is 11.1. The van der Waals surface area contributed by atoms with E-state index in [-0.39, 0.29) is 5.44 Å². The average molecular weight is 523 g/mol. The fourth-order valence-corrected chi connectivity index (χ4v) is 4.73. The van der Waals surface area contributed by atoms with Gasteiger partial charge in [-0.1, -0.05) is 117 Å². The van der Waals surface area contributed by atoms with Gasteiger partial charge in [0.15, 0.2) is 6.29 Å². The molecule has 0 aromatic carbocycles. The van der Waals surface area contributed by atoms with E-state index in [4.69, 9.17) is 14.6 Å². The summed E-state index contributed by atoms with van der Waals surface area (Å²) in [6.45, 7) is 5.71. The van der Waals surface area contributed by atoms with E-state index < -0.39 is 32.7 Å². The third-order valence-electron chi connectivity index (χ3n) is 6.32. The quantitative estimate of drug-likeness (QED) is 0.0487. The predicted octanol–water partition coefficient (Wildman–Crippen LogP) is 7.97. The van der Waals surface area contributed by atoms with Crippen molar-refractivity contribution in [3.63, 3.8) is 0 Å². The molecule has 0 saturated heterocycles. The second-order valence-corrected chi connectivity index (χ2v) is 11.0. The van der Waals surface area contributed by atoms with Crippen LogP contribution in [0.5, 0.6) is 0 Å². The zero-order valence-corrected chi connectivity index (χ0v) is 23.7. The summed E-state index contributed by atoms with van der Waals surface area (Å²) in [5.74, 6) is -1.05. The molecule has 34 heavy (non-hydrogen) atoms. The number of ether oxygens (including phenoxy) is 2. The maximum atomic E-state index is 11.1. The van der Waals surface area contributed by atoms with Crippen molar-refractivity contribution in [2.45, 2.75) is 147 Å². The highest BCUT2D eigenvalue weighted by molar-refractivity contribution is 7.80. The molecule has 0 amide bonds. The first-order valence-corrected chi connectivity index (χ1v) is 14.9. The normalized spacial score (nSPS) is 16.3. The van der Waals surface area contributed by atoms with Crippen molar-refractivity contribution in [1.29, 1.82) is 0 Å². The van der Waals surface area contributed by atoms with E-state index in [1.54, 1.807) is 0 Å². The highest BCUT2D eigenvalue weighted by Gasteiger charge is 2.39. The molecule has 4 unspecified atom stereocenters. The minimum atomic E-state index is -2.46. The van der Waals surface area contributed by atoms with E-state index >= 15 is 0 Å². The lowest BCUT2D eigenvalue weighted by molar-refractivity contribution is -0.183. The molecule has 0 bridgehead atoms. The second kappa shape index (κ2) is 22.0. The van der Waals surface area contributed by atoms with E-state index in [2.05, 4.69) is 26.5 Å². The van der Waals surface area contributed by atoms with Crippen molar-refractivity contribution in [2.75, 3.05) is 6.61 Å². The number of carboxylic acids is 1. The molecule has 4 atom stereocenters. The first kappa shape index (κ1) is 33.8. The van der Waals surface area contributed by atoms with E-state index in [1.807, 2.05) is 6.92 Å². The minimum absolute atomic E-state index is 0.331. The number of aliphatic hydroxyl groups is 1. The Morgan fingerprint density at radius 1 is 0.882 bits per heavy atom. The molecule has 0 fully saturated rings. The van der Waals surface area contributed by atoms with Gasteiger partial charge in [0.05, 0.1) is 0 Å². The molecule has 8 heteroatoms. The number of rotatable bonds is 25. The Labute approximate surface area is 215 Å². The fraction of sp³-hybridized carbons (Fsp3) is 0.962. The first-order chi connectivity index (χ1) is 16.3. The predicted molar refractivity (Wildman–Crippen MR) is 143 cm³/mol. The molecule has 0 aromatic heterocycles. The summed E-state index contributed by atoms with van der Waals surface area (Å²) < 4.78 is 22.3. The Kier molecular flexibility index (Phi) is 21.9. The fourth-order valence-electron chi connectivity index (χ4n) is 4.09. The average Bonchev–Trinajstić information content (AvgIpc) is 2.82. The molecule has 0 aliphatic rings. The van der Waals surface area contributed by atoms with Crippen LogP contribution in [0.1, 0.15) is 130 Å². The van der Waals surface area contributed by atoms with Crippen molar-refractivity contribution in [3.05, 3.63) is 0 Å². The lowest BCUT2D eigenvalue weighted by Crippen LogP contribution is -2.39. The lowest BCUT2D eigenvalue weighted by Gasteiger charge is -2.26. The topological polar surface area (TPSA) is 93.1 Å². The number of carboxylic acid groups (broad SMARTS) is 1. The minimum Gasteiger partial charge on any atom is -0.478 e. The molecule has 0 rings (SSSR count). The Bertz CT molecular complexity index is 510. The van der Waals surface area contributed by atoms with Gasteiger partial charge in [-0.25, -0.2) is 4.79 Å². The zero-order chi connectivity index (χ0) is 25.7. The number of hydrogen-bond acceptors (Lipinski definition) is 6. The van der Waals surface area contributed by atoms with Crippen LogP contribution in [-0.4, -0.2) is 39.9 Å². The number of thiol groups is 1. The molecule has 0 radical (unpaired) electrons. The van der Waals surface area contributed by atoms with Gasteiger partial charge in [0, 0.05) is 0 Å². The van der Waals surface area contributed by atoms with Crippen LogP contribution < -0.4 is 0 Å². The van der Waals surface area contributed by atoms with Gasteiger partial charge in [-0.15, -0.1) is 12.6 Å². The Hall–Kier alpha value is -0.200. The largest absolute Gasteiger partial charge is 0.478 e. The molecule has 0 aliphatic heterocycles. The molecule has 0 aliphatic carbocycles. The summed E-state index contributed by atoms with van der Waals surface area (Å²) in [6, 6.07) is 0. The third-order valence-corrected chi connectivity index (χ3v) is 7.28. The van der Waals surface area contributed by atoms with Crippen LogP contribution in [0, 0.1) is 5.92 Å². The molecule has 202 valence electrons. The van der Waals surface area contributed by atoms with Crippen LogP contribution in [-0.2, 0) is 18.8 Å². The van der Waals surface area contributed by atoms with Crippen molar-refractivity contribution in [3.8, 4) is 0 Å². The summed E-state index contributed by atoms with van der Waals surface area (Å²) in [5, 5.41) is 16.4. The molecule has 2 N–H and O–H groups in total. The van der Waals surface area contributed by atoms with Crippen molar-refractivity contribution in [2.24, 2.45) is 5.92 Å². The summed E-state index contributed by atoms with van der Waals surface area (Å²) in [6.07, 6.45) is 19.9. The monoisotopic (exact) mass is 522 g/mol. The van der Waals surface area contributed by atoms with Crippen molar-refractivity contribution >= 4 is 27.1 Å².